The van der Waals surface area contributed by atoms with Gasteiger partial charge in [-0.15, -0.1) is 0 Å². The molecular formula is C16H22N2O. The van der Waals surface area contributed by atoms with Gasteiger partial charge in [-0.1, -0.05) is 30.3 Å². The Morgan fingerprint density at radius 2 is 1.84 bits per heavy atom. The van der Waals surface area contributed by atoms with Crippen LogP contribution in [0.1, 0.15) is 25.3 Å². The van der Waals surface area contributed by atoms with Gasteiger partial charge in [-0.2, -0.15) is 0 Å². The number of likely N-dealkylation sites (tertiary alicyclic amines) is 1. The van der Waals surface area contributed by atoms with Gasteiger partial charge in [0.1, 0.15) is 0 Å². The largest absolute Gasteiger partial charge is 0.353 e. The van der Waals surface area contributed by atoms with E-state index in [2.05, 4.69) is 40.5 Å². The summed E-state index contributed by atoms with van der Waals surface area (Å²) >= 11 is 0. The van der Waals surface area contributed by atoms with Crippen molar-refractivity contribution >= 4 is 5.91 Å². The van der Waals surface area contributed by atoms with E-state index < -0.39 is 0 Å². The molecular weight excluding hydrogens is 236 g/mol. The molecule has 1 aromatic carbocycles. The first-order chi connectivity index (χ1) is 9.22. The third kappa shape index (κ3) is 2.81. The van der Waals surface area contributed by atoms with Gasteiger partial charge in [0.05, 0.1) is 0 Å². The van der Waals surface area contributed by atoms with Crippen molar-refractivity contribution in [1.82, 2.24) is 10.2 Å². The van der Waals surface area contributed by atoms with Crippen LogP contribution in [-0.4, -0.2) is 29.9 Å². The van der Waals surface area contributed by atoms with Crippen molar-refractivity contribution in [2.45, 2.75) is 32.4 Å². The maximum absolute atomic E-state index is 11.3. The first kappa shape index (κ1) is 12.7. The summed E-state index contributed by atoms with van der Waals surface area (Å²) in [4.78, 5) is 13.8. The Labute approximate surface area is 115 Å². The second-order valence-corrected chi connectivity index (χ2v) is 6.00. The van der Waals surface area contributed by atoms with Crippen LogP contribution in [0.15, 0.2) is 30.3 Å². The van der Waals surface area contributed by atoms with Gasteiger partial charge < -0.3 is 5.32 Å². The van der Waals surface area contributed by atoms with Crippen LogP contribution in [0, 0.1) is 11.8 Å². The van der Waals surface area contributed by atoms with Gasteiger partial charge >= 0.3 is 0 Å². The lowest BCUT2D eigenvalue weighted by Gasteiger charge is -2.38. The summed E-state index contributed by atoms with van der Waals surface area (Å²) in [6.07, 6.45) is 2.53. The highest BCUT2D eigenvalue weighted by Crippen LogP contribution is 2.37. The van der Waals surface area contributed by atoms with Crippen LogP contribution in [0.5, 0.6) is 0 Å². The fourth-order valence-corrected chi connectivity index (χ4v) is 3.76. The summed E-state index contributed by atoms with van der Waals surface area (Å²) in [5.41, 5.74) is 1.39. The predicted molar refractivity (Wildman–Crippen MR) is 75.5 cm³/mol. The van der Waals surface area contributed by atoms with Crippen molar-refractivity contribution < 1.29 is 4.79 Å². The minimum atomic E-state index is 0.124. The molecule has 1 aliphatic heterocycles. The standard InChI is InChI=1S/C16H22N2O/c1-12(19)17-16-14-7-8-15(16)11-18(10-14)9-13-5-3-2-4-6-13/h2-6,14-16H,7-11H2,1H3,(H,17,19)/t14-,15?,16?/m0/s1. The minimum Gasteiger partial charge on any atom is -0.353 e. The van der Waals surface area contributed by atoms with Gasteiger partial charge in [-0.05, 0) is 30.2 Å². The highest BCUT2D eigenvalue weighted by Gasteiger charge is 2.42. The molecule has 19 heavy (non-hydrogen) atoms. The number of amides is 1. The van der Waals surface area contributed by atoms with Crippen molar-refractivity contribution in [1.29, 1.82) is 0 Å². The van der Waals surface area contributed by atoms with E-state index >= 15 is 0 Å². The first-order valence-corrected chi connectivity index (χ1v) is 7.26. The van der Waals surface area contributed by atoms with E-state index in [0.717, 1.165) is 19.6 Å². The third-order valence-corrected chi connectivity index (χ3v) is 4.53. The molecule has 1 aliphatic carbocycles. The average molecular weight is 258 g/mol. The van der Waals surface area contributed by atoms with Gasteiger partial charge in [0.15, 0.2) is 0 Å². The molecule has 2 fully saturated rings. The molecule has 0 radical (unpaired) electrons. The van der Waals surface area contributed by atoms with Crippen molar-refractivity contribution in [3.05, 3.63) is 35.9 Å². The van der Waals surface area contributed by atoms with Crippen LogP contribution in [-0.2, 0) is 11.3 Å². The number of fused-ring (bicyclic) bond motifs is 2. The smallest absolute Gasteiger partial charge is 0.217 e. The first-order valence-electron chi connectivity index (χ1n) is 7.26. The molecule has 1 saturated heterocycles. The second kappa shape index (κ2) is 5.33. The van der Waals surface area contributed by atoms with Crippen molar-refractivity contribution in [2.75, 3.05) is 13.1 Å². The molecule has 0 spiro atoms. The molecule has 3 nitrogen and oxygen atoms in total. The Kier molecular flexibility index (Phi) is 3.56. The molecule has 1 N–H and O–H groups in total. The number of piperidine rings is 1. The third-order valence-electron chi connectivity index (χ3n) is 4.53. The Hall–Kier alpha value is -1.35. The fraction of sp³-hybridized carbons (Fsp3) is 0.562. The topological polar surface area (TPSA) is 32.3 Å². The number of carbonyl (C=O) groups excluding carboxylic acids is 1. The summed E-state index contributed by atoms with van der Waals surface area (Å²) in [7, 11) is 0. The summed E-state index contributed by atoms with van der Waals surface area (Å²) in [6.45, 7) is 4.92. The quantitative estimate of drug-likeness (QED) is 0.900. The molecule has 102 valence electrons. The predicted octanol–water partition coefficient (Wildman–Crippen LogP) is 2.03. The molecule has 2 bridgehead atoms. The highest BCUT2D eigenvalue weighted by atomic mass is 16.1. The van der Waals surface area contributed by atoms with Gasteiger partial charge in [-0.25, -0.2) is 0 Å². The summed E-state index contributed by atoms with van der Waals surface area (Å²) in [6, 6.07) is 11.1. The number of rotatable bonds is 3. The zero-order chi connectivity index (χ0) is 13.2. The van der Waals surface area contributed by atoms with Gasteiger partial charge in [-0.3, -0.25) is 9.69 Å². The molecule has 3 heteroatoms. The normalized spacial score (nSPS) is 30.3. The zero-order valence-corrected chi connectivity index (χ0v) is 11.5. The Morgan fingerprint density at radius 1 is 1.21 bits per heavy atom. The zero-order valence-electron chi connectivity index (χ0n) is 11.5. The molecule has 0 aromatic heterocycles. The lowest BCUT2D eigenvalue weighted by molar-refractivity contribution is -0.120. The molecule has 1 aromatic rings. The monoisotopic (exact) mass is 258 g/mol. The molecule has 3 atom stereocenters. The van der Waals surface area contributed by atoms with E-state index in [1.54, 1.807) is 6.92 Å². The lowest BCUT2D eigenvalue weighted by Crippen LogP contribution is -2.51. The van der Waals surface area contributed by atoms with Crippen molar-refractivity contribution in [3.63, 3.8) is 0 Å². The maximum Gasteiger partial charge on any atom is 0.217 e. The second-order valence-electron chi connectivity index (χ2n) is 6.00. The Morgan fingerprint density at radius 3 is 2.42 bits per heavy atom. The summed E-state index contributed by atoms with van der Waals surface area (Å²) in [5, 5.41) is 3.16. The Bertz CT molecular complexity index is 431. The van der Waals surface area contributed by atoms with E-state index in [-0.39, 0.29) is 5.91 Å². The van der Waals surface area contributed by atoms with E-state index in [1.807, 2.05) is 0 Å². The number of benzene rings is 1. The van der Waals surface area contributed by atoms with Gasteiger partial charge in [0.2, 0.25) is 5.91 Å². The molecule has 3 rings (SSSR count). The number of nitrogens with one attached hydrogen (secondary N) is 1. The SMILES string of the molecule is CC(=O)NC1C2CC[C@H]1CN(Cc1ccccc1)C2. The van der Waals surface area contributed by atoms with Crippen LogP contribution < -0.4 is 5.32 Å². The molecule has 2 aliphatic rings. The van der Waals surface area contributed by atoms with Crippen molar-refractivity contribution in [2.24, 2.45) is 11.8 Å². The number of nitrogens with zero attached hydrogens (tertiary/aromatic N) is 1. The molecule has 1 heterocycles. The van der Waals surface area contributed by atoms with E-state index in [1.165, 1.54) is 18.4 Å². The van der Waals surface area contributed by atoms with E-state index in [4.69, 9.17) is 0 Å². The lowest BCUT2D eigenvalue weighted by atomic mass is 9.91. The van der Waals surface area contributed by atoms with E-state index in [9.17, 15) is 4.79 Å². The average Bonchev–Trinajstić information content (AvgIpc) is 2.62. The van der Waals surface area contributed by atoms with Crippen LogP contribution in [0.2, 0.25) is 0 Å². The Balaban J connectivity index is 1.63. The maximum atomic E-state index is 11.3. The van der Waals surface area contributed by atoms with Crippen LogP contribution in [0.4, 0.5) is 0 Å². The molecule has 2 unspecified atom stereocenters. The van der Waals surface area contributed by atoms with Crippen LogP contribution in [0.3, 0.4) is 0 Å². The highest BCUT2D eigenvalue weighted by molar-refractivity contribution is 5.73. The fourth-order valence-electron chi connectivity index (χ4n) is 3.76. The minimum absolute atomic E-state index is 0.124. The number of hydrogen-bond donors (Lipinski definition) is 1. The molecule has 1 amide bonds. The number of hydrogen-bond acceptors (Lipinski definition) is 2. The summed E-state index contributed by atoms with van der Waals surface area (Å²) < 4.78 is 0. The van der Waals surface area contributed by atoms with Crippen LogP contribution in [0.25, 0.3) is 0 Å². The molecule has 1 saturated carbocycles. The van der Waals surface area contributed by atoms with Crippen LogP contribution >= 0.6 is 0 Å². The summed E-state index contributed by atoms with van der Waals surface area (Å²) in [5.74, 6) is 1.41. The van der Waals surface area contributed by atoms with E-state index in [0.29, 0.717) is 17.9 Å². The number of carbonyl (C=O) groups is 1. The van der Waals surface area contributed by atoms with Crippen molar-refractivity contribution in [3.8, 4) is 0 Å². The van der Waals surface area contributed by atoms with Gasteiger partial charge in [0, 0.05) is 32.6 Å². The van der Waals surface area contributed by atoms with Gasteiger partial charge in [0.25, 0.3) is 0 Å².